The van der Waals surface area contributed by atoms with Crippen molar-refractivity contribution in [2.24, 2.45) is 0 Å². The third kappa shape index (κ3) is 1.93. The topological polar surface area (TPSA) is 43.4 Å². The lowest BCUT2D eigenvalue weighted by Gasteiger charge is -2.07. The average Bonchev–Trinajstić information content (AvgIpc) is 2.16. The first-order valence-corrected chi connectivity index (χ1v) is 4.31. The Morgan fingerprint density at radius 3 is 2.57 bits per heavy atom. The van der Waals surface area contributed by atoms with Crippen molar-refractivity contribution >= 4 is 23.1 Å². The summed E-state index contributed by atoms with van der Waals surface area (Å²) in [4.78, 5) is 21.7. The minimum absolute atomic E-state index is 0.179. The van der Waals surface area contributed by atoms with Gasteiger partial charge >= 0.3 is 0 Å². The highest BCUT2D eigenvalue weighted by Gasteiger charge is 2.14. The number of rotatable bonds is 3. The van der Waals surface area contributed by atoms with Gasteiger partial charge in [-0.3, -0.25) is 9.59 Å². The third-order valence-corrected chi connectivity index (χ3v) is 2.04. The number of methoxy groups -OCH3 is 1. The van der Waals surface area contributed by atoms with Gasteiger partial charge < -0.3 is 4.74 Å². The number of hydrogen-bond acceptors (Lipinski definition) is 3. The van der Waals surface area contributed by atoms with E-state index in [9.17, 15) is 9.59 Å². The number of carbonyl (C=O) groups excluding carboxylic acids is 2. The number of hydrogen-bond donors (Lipinski definition) is 0. The maximum atomic E-state index is 11.0. The van der Waals surface area contributed by atoms with Gasteiger partial charge in [0.25, 0.3) is 5.24 Å². The molecule has 0 spiro atoms. The summed E-state index contributed by atoms with van der Waals surface area (Å²) in [5, 5.41) is -0.658. The molecule has 1 aromatic carbocycles. The van der Waals surface area contributed by atoms with Gasteiger partial charge in [-0.2, -0.15) is 0 Å². The molecule has 0 saturated carbocycles. The fourth-order valence-electron chi connectivity index (χ4n) is 1.22. The van der Waals surface area contributed by atoms with E-state index in [1.807, 2.05) is 0 Å². The van der Waals surface area contributed by atoms with Crippen molar-refractivity contribution in [2.75, 3.05) is 7.11 Å². The SMILES string of the molecule is COc1cc(C)cc(C(=O)Cl)c1C=O. The van der Waals surface area contributed by atoms with Crippen LogP contribution >= 0.6 is 11.6 Å². The molecule has 0 aliphatic heterocycles. The van der Waals surface area contributed by atoms with Crippen molar-refractivity contribution in [3.8, 4) is 5.75 Å². The Morgan fingerprint density at radius 1 is 1.50 bits per heavy atom. The zero-order valence-corrected chi connectivity index (χ0v) is 8.59. The van der Waals surface area contributed by atoms with Crippen LogP contribution in [0, 0.1) is 6.92 Å². The third-order valence-electron chi connectivity index (χ3n) is 1.84. The van der Waals surface area contributed by atoms with Crippen LogP contribution < -0.4 is 4.74 Å². The van der Waals surface area contributed by atoms with E-state index >= 15 is 0 Å². The molecule has 1 aromatic rings. The van der Waals surface area contributed by atoms with E-state index < -0.39 is 5.24 Å². The predicted octanol–water partition coefficient (Wildman–Crippen LogP) is 2.20. The molecule has 3 nitrogen and oxygen atoms in total. The Balaban J connectivity index is 3.46. The van der Waals surface area contributed by atoms with Gasteiger partial charge in [-0.05, 0) is 36.2 Å². The van der Waals surface area contributed by atoms with Crippen molar-refractivity contribution in [1.29, 1.82) is 0 Å². The maximum Gasteiger partial charge on any atom is 0.253 e. The van der Waals surface area contributed by atoms with Gasteiger partial charge in [0.1, 0.15) is 5.75 Å². The first kappa shape index (κ1) is 10.7. The van der Waals surface area contributed by atoms with Crippen molar-refractivity contribution in [3.63, 3.8) is 0 Å². The smallest absolute Gasteiger partial charge is 0.253 e. The van der Waals surface area contributed by atoms with Gasteiger partial charge in [0.15, 0.2) is 6.29 Å². The van der Waals surface area contributed by atoms with Crippen molar-refractivity contribution < 1.29 is 14.3 Å². The van der Waals surface area contributed by atoms with Crippen LogP contribution in [-0.2, 0) is 0 Å². The summed E-state index contributed by atoms with van der Waals surface area (Å²) < 4.78 is 4.97. The predicted molar refractivity (Wildman–Crippen MR) is 53.3 cm³/mol. The lowest BCUT2D eigenvalue weighted by Crippen LogP contribution is -2.01. The molecular formula is C10H9ClO3. The van der Waals surface area contributed by atoms with Gasteiger partial charge in [0.05, 0.1) is 12.7 Å². The average molecular weight is 213 g/mol. The molecular weight excluding hydrogens is 204 g/mol. The normalized spacial score (nSPS) is 9.64. The van der Waals surface area contributed by atoms with Crippen LogP contribution in [-0.4, -0.2) is 18.6 Å². The van der Waals surface area contributed by atoms with E-state index in [-0.39, 0.29) is 11.1 Å². The number of aryl methyl sites for hydroxylation is 1. The Bertz CT molecular complexity index is 385. The molecule has 0 saturated heterocycles. The first-order chi connectivity index (χ1) is 6.60. The second kappa shape index (κ2) is 4.24. The zero-order chi connectivity index (χ0) is 10.7. The van der Waals surface area contributed by atoms with E-state index in [4.69, 9.17) is 16.3 Å². The quantitative estimate of drug-likeness (QED) is 0.570. The Morgan fingerprint density at radius 2 is 2.14 bits per heavy atom. The lowest BCUT2D eigenvalue weighted by molar-refractivity contribution is 0.106. The zero-order valence-electron chi connectivity index (χ0n) is 7.83. The molecule has 0 aromatic heterocycles. The molecule has 0 atom stereocenters. The van der Waals surface area contributed by atoms with Crippen LogP contribution in [0.2, 0.25) is 0 Å². The molecule has 1 rings (SSSR count). The van der Waals surface area contributed by atoms with Gasteiger partial charge in [-0.1, -0.05) is 0 Å². The molecule has 14 heavy (non-hydrogen) atoms. The minimum atomic E-state index is -0.658. The highest BCUT2D eigenvalue weighted by Crippen LogP contribution is 2.24. The van der Waals surface area contributed by atoms with E-state index in [0.717, 1.165) is 5.56 Å². The summed E-state index contributed by atoms with van der Waals surface area (Å²) in [6, 6.07) is 3.23. The van der Waals surface area contributed by atoms with E-state index in [0.29, 0.717) is 12.0 Å². The maximum absolute atomic E-state index is 11.0. The number of carbonyl (C=O) groups is 2. The largest absolute Gasteiger partial charge is 0.496 e. The van der Waals surface area contributed by atoms with Crippen LogP contribution in [0.25, 0.3) is 0 Å². The summed E-state index contributed by atoms with van der Waals surface area (Å²) in [5.41, 5.74) is 1.19. The minimum Gasteiger partial charge on any atom is -0.496 e. The van der Waals surface area contributed by atoms with Crippen LogP contribution in [0.15, 0.2) is 12.1 Å². The molecule has 0 aliphatic rings. The van der Waals surface area contributed by atoms with Gasteiger partial charge in [-0.15, -0.1) is 0 Å². The van der Waals surface area contributed by atoms with E-state index in [2.05, 4.69) is 0 Å². The van der Waals surface area contributed by atoms with Crippen LogP contribution in [0.3, 0.4) is 0 Å². The number of ether oxygens (including phenoxy) is 1. The molecule has 74 valence electrons. The second-order valence-corrected chi connectivity index (χ2v) is 3.16. The Hall–Kier alpha value is -1.35. The summed E-state index contributed by atoms with van der Waals surface area (Å²) in [6.07, 6.45) is 0.563. The number of aldehydes is 1. The summed E-state index contributed by atoms with van der Waals surface area (Å²) in [7, 11) is 1.43. The van der Waals surface area contributed by atoms with Crippen molar-refractivity contribution in [1.82, 2.24) is 0 Å². The van der Waals surface area contributed by atoms with Crippen LogP contribution in [0.4, 0.5) is 0 Å². The number of halogens is 1. The fraction of sp³-hybridized carbons (Fsp3) is 0.200. The van der Waals surface area contributed by atoms with Gasteiger partial charge in [0.2, 0.25) is 0 Å². The van der Waals surface area contributed by atoms with Crippen LogP contribution in [0.5, 0.6) is 5.75 Å². The molecule has 0 aliphatic carbocycles. The highest BCUT2D eigenvalue weighted by molar-refractivity contribution is 6.68. The Labute approximate surface area is 86.6 Å². The lowest BCUT2D eigenvalue weighted by atomic mass is 10.1. The summed E-state index contributed by atoms with van der Waals surface area (Å²) in [6.45, 7) is 1.79. The van der Waals surface area contributed by atoms with E-state index in [1.165, 1.54) is 7.11 Å². The molecule has 0 heterocycles. The van der Waals surface area contributed by atoms with Crippen LogP contribution in [0.1, 0.15) is 26.3 Å². The molecule has 4 heteroatoms. The molecule has 0 radical (unpaired) electrons. The van der Waals surface area contributed by atoms with Crippen molar-refractivity contribution in [3.05, 3.63) is 28.8 Å². The van der Waals surface area contributed by atoms with E-state index in [1.54, 1.807) is 19.1 Å². The molecule has 0 unspecified atom stereocenters. The first-order valence-electron chi connectivity index (χ1n) is 3.93. The highest BCUT2D eigenvalue weighted by atomic mass is 35.5. The molecule has 0 bridgehead atoms. The second-order valence-electron chi connectivity index (χ2n) is 2.82. The standard InChI is InChI=1S/C10H9ClO3/c1-6-3-7(10(11)13)8(5-12)9(4-6)14-2/h3-5H,1-2H3. The van der Waals surface area contributed by atoms with Gasteiger partial charge in [-0.25, -0.2) is 0 Å². The Kier molecular flexibility index (Phi) is 3.25. The number of benzene rings is 1. The van der Waals surface area contributed by atoms with Crippen molar-refractivity contribution in [2.45, 2.75) is 6.92 Å². The summed E-state index contributed by atoms with van der Waals surface area (Å²) >= 11 is 5.33. The molecule has 0 N–H and O–H groups in total. The monoisotopic (exact) mass is 212 g/mol. The molecule has 0 amide bonds. The molecule has 0 fully saturated rings. The summed E-state index contributed by atoms with van der Waals surface area (Å²) in [5.74, 6) is 0.365. The fourth-order valence-corrected chi connectivity index (χ4v) is 1.37. The van der Waals surface area contributed by atoms with Gasteiger partial charge in [0, 0.05) is 5.56 Å².